The number of aliphatic hydroxyl groups excluding tert-OH is 1. The Labute approximate surface area is 465 Å². The molecule has 8 aromatic rings. The Bertz CT molecular complexity index is 3790. The third kappa shape index (κ3) is 8.19. The average molecular weight is 1080 g/mol. The monoisotopic (exact) mass is 1080 g/mol. The Morgan fingerprint density at radius 2 is 1.20 bits per heavy atom. The molecule has 4 amide bonds. The molecule has 400 valence electrons. The van der Waals surface area contributed by atoms with Gasteiger partial charge in [0, 0.05) is 29.4 Å². The first-order valence-corrected chi connectivity index (χ1v) is 30.2. The normalized spacial score (nSPS) is 20.8. The van der Waals surface area contributed by atoms with Gasteiger partial charge in [-0.25, -0.2) is 0 Å². The number of carbonyl (C=O) groups excluding carboxylic acids is 4. The fraction of sp³-hybridized carbons (Fsp3) is 0.212. The number of anilines is 5. The Morgan fingerprint density at radius 1 is 0.650 bits per heavy atom. The van der Waals surface area contributed by atoms with Gasteiger partial charge < -0.3 is 33.9 Å². The lowest BCUT2D eigenvalue weighted by Gasteiger charge is -2.39. The summed E-state index contributed by atoms with van der Waals surface area (Å²) in [6, 6.07) is 58.2. The van der Waals surface area contributed by atoms with Crippen molar-refractivity contribution in [3.05, 3.63) is 221 Å². The van der Waals surface area contributed by atoms with Gasteiger partial charge in [0.25, 0.3) is 17.7 Å². The van der Waals surface area contributed by atoms with Gasteiger partial charge in [-0.1, -0.05) is 122 Å². The smallest absolute Gasteiger partial charge is 0.266 e. The van der Waals surface area contributed by atoms with Crippen molar-refractivity contribution in [1.82, 2.24) is 4.90 Å². The minimum Gasteiger partial charge on any atom is -0.497 e. The van der Waals surface area contributed by atoms with Crippen LogP contribution >= 0.6 is 0 Å². The van der Waals surface area contributed by atoms with Crippen molar-refractivity contribution in [2.45, 2.75) is 69.2 Å². The van der Waals surface area contributed by atoms with Crippen LogP contribution in [0.3, 0.4) is 0 Å². The number of fused-ring (bicyclic) bond motifs is 7. The molecule has 5 heterocycles. The number of para-hydroxylation sites is 6. The van der Waals surface area contributed by atoms with E-state index in [1.54, 1.807) is 51.0 Å². The van der Waals surface area contributed by atoms with Crippen LogP contribution in [0.5, 0.6) is 28.7 Å². The summed E-state index contributed by atoms with van der Waals surface area (Å²) in [6.45, 7) is 6.91. The van der Waals surface area contributed by atoms with Gasteiger partial charge in [-0.05, 0) is 120 Å². The van der Waals surface area contributed by atoms with Gasteiger partial charge in [-0.3, -0.25) is 29.0 Å². The van der Waals surface area contributed by atoms with Crippen molar-refractivity contribution >= 4 is 65.3 Å². The molecule has 5 atom stereocenters. The zero-order chi connectivity index (χ0) is 55.0. The third-order valence-electron chi connectivity index (χ3n) is 17.2. The Balaban J connectivity index is 0.933. The van der Waals surface area contributed by atoms with Gasteiger partial charge in [0.1, 0.15) is 17.2 Å². The number of ether oxygens (including phenoxy) is 4. The summed E-state index contributed by atoms with van der Waals surface area (Å²) >= 11 is 0. The highest BCUT2D eigenvalue weighted by Crippen LogP contribution is 2.61. The molecule has 1 N–H and O–H groups in total. The summed E-state index contributed by atoms with van der Waals surface area (Å²) in [4.78, 5) is 67.9. The molecule has 13 nitrogen and oxygen atoms in total. The predicted octanol–water partition coefficient (Wildman–Crippen LogP) is 12.0. The maximum atomic E-state index is 16.4. The van der Waals surface area contributed by atoms with Crippen LogP contribution in [0, 0.1) is 5.92 Å². The van der Waals surface area contributed by atoms with Crippen molar-refractivity contribution in [2.24, 2.45) is 5.92 Å². The van der Waals surface area contributed by atoms with E-state index >= 15 is 14.4 Å². The molecule has 0 saturated carbocycles. The molecule has 13 rings (SSSR count). The van der Waals surface area contributed by atoms with E-state index in [-0.39, 0.29) is 48.7 Å². The van der Waals surface area contributed by atoms with E-state index < -0.39 is 31.7 Å². The number of aliphatic hydroxyl groups is 1. The lowest BCUT2D eigenvalue weighted by Crippen LogP contribution is -2.52. The number of hydrogen-bond acceptors (Lipinski definition) is 9. The first kappa shape index (κ1) is 50.7. The van der Waals surface area contributed by atoms with Crippen LogP contribution in [0.4, 0.5) is 28.4 Å². The summed E-state index contributed by atoms with van der Waals surface area (Å²) in [5.41, 5.74) is 5.20. The summed E-state index contributed by atoms with van der Waals surface area (Å²) in [5.74, 6) is 1.12. The highest BCUT2D eigenvalue weighted by molar-refractivity contribution is 6.91. The van der Waals surface area contributed by atoms with Gasteiger partial charge in [-0.15, -0.1) is 0 Å². The van der Waals surface area contributed by atoms with Crippen LogP contribution < -0.4 is 34.1 Å². The van der Waals surface area contributed by atoms with E-state index in [9.17, 15) is 9.90 Å². The van der Waals surface area contributed by atoms with E-state index in [0.717, 1.165) is 21.9 Å². The number of nitrogens with zero attached hydrogens (tertiary/aromatic N) is 4. The summed E-state index contributed by atoms with van der Waals surface area (Å²) in [7, 11) is -1.13. The first-order chi connectivity index (χ1) is 38.9. The predicted molar refractivity (Wildman–Crippen MR) is 309 cm³/mol. The lowest BCUT2D eigenvalue weighted by atomic mass is 9.82. The van der Waals surface area contributed by atoms with Crippen molar-refractivity contribution in [3.63, 3.8) is 0 Å². The summed E-state index contributed by atoms with van der Waals surface area (Å²) < 4.78 is 26.0. The zero-order valence-corrected chi connectivity index (χ0v) is 45.7. The highest BCUT2D eigenvalue weighted by Gasteiger charge is 2.67. The minimum atomic E-state index is -2.77. The zero-order valence-electron chi connectivity index (χ0n) is 44.7. The fourth-order valence-corrected chi connectivity index (χ4v) is 17.2. The van der Waals surface area contributed by atoms with Gasteiger partial charge in [0.15, 0.2) is 17.1 Å². The lowest BCUT2D eigenvalue weighted by molar-refractivity contribution is -0.151. The van der Waals surface area contributed by atoms with E-state index in [1.807, 2.05) is 146 Å². The molecule has 1 spiro atoms. The third-order valence-corrected chi connectivity index (χ3v) is 21.5. The first-order valence-electron chi connectivity index (χ1n) is 27.1. The van der Waals surface area contributed by atoms with Crippen LogP contribution in [-0.4, -0.2) is 67.6 Å². The van der Waals surface area contributed by atoms with Crippen molar-refractivity contribution < 1.29 is 43.2 Å². The number of methoxy groups -OCH3 is 1. The molecule has 0 aromatic heterocycles. The van der Waals surface area contributed by atoms with Crippen LogP contribution in [0.1, 0.15) is 56.3 Å². The standard InChI is InChI=1S/C66H58N4O9Si/c1-41-62(80(3,4)49-32-30-48(76-2)31-33-49)60(37-61(72)67-39-44-16-6-5-15-43(44)35-47(67)40-71)79-66(41)52-36-46(70-55-20-10-14-24-59(55)78-57-22-12-8-18-51(57)64(70)74)29-34-53(52)68(65(66)75)38-42-25-27-45(28-26-42)69-54-19-9-13-23-58(54)77-56-21-11-7-17-50(56)63(69)73/h5-34,36,41,47,60,62,71H,35,37-40H2,1-4H3/t41-,47-,60+,62-,66+/m0/s1. The van der Waals surface area contributed by atoms with E-state index in [0.29, 0.717) is 86.8 Å². The maximum absolute atomic E-state index is 16.4. The second-order valence-corrected chi connectivity index (χ2v) is 26.6. The number of amides is 4. The molecule has 0 bridgehead atoms. The Kier molecular flexibility index (Phi) is 12.6. The van der Waals surface area contributed by atoms with Crippen molar-refractivity contribution in [1.29, 1.82) is 0 Å². The molecule has 0 aliphatic carbocycles. The second-order valence-electron chi connectivity index (χ2n) is 21.9. The second kappa shape index (κ2) is 19.8. The van der Waals surface area contributed by atoms with Crippen LogP contribution in [0.2, 0.25) is 18.6 Å². The molecule has 14 heteroatoms. The van der Waals surface area contributed by atoms with Gasteiger partial charge >= 0.3 is 0 Å². The van der Waals surface area contributed by atoms with Crippen molar-refractivity contribution in [2.75, 3.05) is 28.4 Å². The molecule has 80 heavy (non-hydrogen) atoms. The quantitative estimate of drug-likeness (QED) is 0.133. The molecule has 5 aliphatic heterocycles. The molecule has 8 aromatic carbocycles. The maximum Gasteiger partial charge on any atom is 0.266 e. The number of rotatable bonds is 10. The molecule has 1 fully saturated rings. The Hall–Kier alpha value is -8.82. The van der Waals surface area contributed by atoms with Crippen molar-refractivity contribution in [3.8, 4) is 28.7 Å². The van der Waals surface area contributed by atoms with E-state index in [1.165, 1.54) is 0 Å². The number of benzene rings is 8. The molecular weight excluding hydrogens is 1020 g/mol. The van der Waals surface area contributed by atoms with Crippen LogP contribution in [0.25, 0.3) is 0 Å². The molecule has 0 unspecified atom stereocenters. The fourth-order valence-electron chi connectivity index (χ4n) is 13.2. The van der Waals surface area contributed by atoms with Gasteiger partial charge in [-0.2, -0.15) is 0 Å². The van der Waals surface area contributed by atoms with Crippen LogP contribution in [-0.2, 0) is 39.4 Å². The molecule has 5 aliphatic rings. The summed E-state index contributed by atoms with van der Waals surface area (Å²) in [6.07, 6.45) is -0.269. The number of carbonyl (C=O) groups is 4. The highest BCUT2D eigenvalue weighted by atomic mass is 28.3. The Morgan fingerprint density at radius 3 is 1.81 bits per heavy atom. The average Bonchev–Trinajstić information content (AvgIpc) is 3.98. The number of hydrogen-bond donors (Lipinski definition) is 1. The molecule has 1 saturated heterocycles. The topological polar surface area (TPSA) is 138 Å². The van der Waals surface area contributed by atoms with Crippen LogP contribution in [0.15, 0.2) is 188 Å². The van der Waals surface area contributed by atoms with E-state index in [4.69, 9.17) is 18.9 Å². The SMILES string of the molecule is COc1ccc([Si](C)(C)[C@@H]2[C@@H](CC(=O)N3Cc4ccccc4C[C@H]3CO)O[C@]3(C(=O)N(Cc4ccc(N5C(=O)c6ccccc6Oc6ccccc65)cc4)c4ccc(N5C(=O)c6ccccc6Oc6ccccc65)cc43)[C@H]2C)cc1. The minimum absolute atomic E-state index is 0.0360. The molecular formula is C66H58N4O9Si. The van der Waals surface area contributed by atoms with E-state index in [2.05, 4.69) is 38.2 Å². The molecule has 0 radical (unpaired) electrons. The largest absolute Gasteiger partial charge is 0.497 e. The van der Waals surface area contributed by atoms with Gasteiger partial charge in [0.05, 0.1) is 75.1 Å². The van der Waals surface area contributed by atoms with Gasteiger partial charge in [0.2, 0.25) is 5.91 Å². The summed E-state index contributed by atoms with van der Waals surface area (Å²) in [5, 5.41) is 11.9.